The fraction of sp³-hybridized carbons (Fsp3) is 0.278. The van der Waals surface area contributed by atoms with E-state index < -0.39 is 0 Å². The molecule has 20 heavy (non-hydrogen) atoms. The van der Waals surface area contributed by atoms with Crippen LogP contribution < -0.4 is 4.74 Å². The van der Waals surface area contributed by atoms with Gasteiger partial charge < -0.3 is 4.74 Å². The van der Waals surface area contributed by atoms with Gasteiger partial charge in [0.15, 0.2) is 5.78 Å². The van der Waals surface area contributed by atoms with Crippen molar-refractivity contribution < 1.29 is 9.53 Å². The van der Waals surface area contributed by atoms with Crippen molar-refractivity contribution in [3.63, 3.8) is 0 Å². The highest BCUT2D eigenvalue weighted by molar-refractivity contribution is 6.00. The summed E-state index contributed by atoms with van der Waals surface area (Å²) < 4.78 is 5.47. The molecule has 0 aromatic heterocycles. The van der Waals surface area contributed by atoms with Crippen LogP contribution in [0.25, 0.3) is 11.1 Å². The van der Waals surface area contributed by atoms with Crippen molar-refractivity contribution in [1.29, 1.82) is 0 Å². The van der Waals surface area contributed by atoms with E-state index in [1.54, 1.807) is 0 Å². The zero-order valence-corrected chi connectivity index (χ0v) is 11.7. The van der Waals surface area contributed by atoms with Crippen LogP contribution >= 0.6 is 0 Å². The van der Waals surface area contributed by atoms with Gasteiger partial charge in [-0.3, -0.25) is 4.79 Å². The van der Waals surface area contributed by atoms with Crippen molar-refractivity contribution >= 4 is 5.78 Å². The highest BCUT2D eigenvalue weighted by Crippen LogP contribution is 2.32. The molecule has 0 atom stereocenters. The van der Waals surface area contributed by atoms with Crippen molar-refractivity contribution in [2.24, 2.45) is 0 Å². The van der Waals surface area contributed by atoms with Gasteiger partial charge in [0.25, 0.3) is 0 Å². The molecule has 0 spiro atoms. The molecule has 0 aliphatic heterocycles. The van der Waals surface area contributed by atoms with E-state index in [2.05, 4.69) is 18.2 Å². The first-order chi connectivity index (χ1) is 9.79. The van der Waals surface area contributed by atoms with E-state index in [1.807, 2.05) is 31.2 Å². The number of Topliss-reactive ketones (excluding diaryl/α,β-unsaturated/α-hetero) is 1. The Hall–Kier alpha value is -2.09. The first kappa shape index (κ1) is 12.9. The summed E-state index contributed by atoms with van der Waals surface area (Å²) in [5.41, 5.74) is 4.44. The Balaban J connectivity index is 2.02. The van der Waals surface area contributed by atoms with Crippen LogP contribution in [0.15, 0.2) is 42.5 Å². The minimum Gasteiger partial charge on any atom is -0.494 e. The summed E-state index contributed by atoms with van der Waals surface area (Å²) in [6.45, 7) is 2.65. The van der Waals surface area contributed by atoms with Gasteiger partial charge in [0, 0.05) is 12.0 Å². The molecule has 2 heteroatoms. The number of carbonyl (C=O) groups is 1. The lowest BCUT2D eigenvalue weighted by molar-refractivity contribution is 0.0972. The number of ether oxygens (including phenoxy) is 1. The van der Waals surface area contributed by atoms with Crippen molar-refractivity contribution in [2.45, 2.75) is 26.2 Å². The highest BCUT2D eigenvalue weighted by Gasteiger charge is 2.19. The number of hydrogen-bond acceptors (Lipinski definition) is 2. The third kappa shape index (κ3) is 2.34. The quantitative estimate of drug-likeness (QED) is 0.829. The van der Waals surface area contributed by atoms with Crippen LogP contribution in [0.1, 0.15) is 35.7 Å². The minimum atomic E-state index is 0.277. The van der Waals surface area contributed by atoms with E-state index >= 15 is 0 Å². The van der Waals surface area contributed by atoms with Gasteiger partial charge in [-0.15, -0.1) is 0 Å². The predicted octanol–water partition coefficient (Wildman–Crippen LogP) is 4.27. The highest BCUT2D eigenvalue weighted by atomic mass is 16.5. The zero-order chi connectivity index (χ0) is 13.9. The topological polar surface area (TPSA) is 26.3 Å². The summed E-state index contributed by atoms with van der Waals surface area (Å²) in [4.78, 5) is 12.0. The SMILES string of the molecule is CCOc1ccc(-c2cccc3c2CCCC3=O)cc1. The van der Waals surface area contributed by atoms with E-state index in [9.17, 15) is 4.79 Å². The van der Waals surface area contributed by atoms with E-state index in [4.69, 9.17) is 4.74 Å². The molecule has 0 heterocycles. The van der Waals surface area contributed by atoms with Gasteiger partial charge in [-0.05, 0) is 48.6 Å². The molecule has 0 saturated carbocycles. The second kappa shape index (κ2) is 5.49. The fourth-order valence-corrected chi connectivity index (χ4v) is 2.85. The second-order valence-corrected chi connectivity index (χ2v) is 5.07. The molecule has 0 unspecified atom stereocenters. The van der Waals surface area contributed by atoms with Crippen LogP contribution in [0.4, 0.5) is 0 Å². The molecule has 0 saturated heterocycles. The van der Waals surface area contributed by atoms with Gasteiger partial charge in [-0.1, -0.05) is 30.3 Å². The normalized spacial score (nSPS) is 13.9. The first-order valence-corrected chi connectivity index (χ1v) is 7.18. The monoisotopic (exact) mass is 266 g/mol. The smallest absolute Gasteiger partial charge is 0.163 e. The third-order valence-electron chi connectivity index (χ3n) is 3.78. The molecule has 2 nitrogen and oxygen atoms in total. The predicted molar refractivity (Wildman–Crippen MR) is 80.3 cm³/mol. The van der Waals surface area contributed by atoms with Crippen molar-refractivity contribution in [1.82, 2.24) is 0 Å². The molecule has 2 aromatic rings. The maximum atomic E-state index is 12.0. The Bertz CT molecular complexity index is 626. The number of ketones is 1. The Kier molecular flexibility index (Phi) is 3.55. The Labute approximate surface area is 119 Å². The van der Waals surface area contributed by atoms with Crippen LogP contribution in [-0.2, 0) is 6.42 Å². The summed E-state index contributed by atoms with van der Waals surface area (Å²) >= 11 is 0. The molecule has 0 N–H and O–H groups in total. The number of carbonyl (C=O) groups excluding carboxylic acids is 1. The Morgan fingerprint density at radius 2 is 1.75 bits per heavy atom. The summed E-state index contributed by atoms with van der Waals surface area (Å²) in [6.07, 6.45) is 2.63. The molecule has 1 aliphatic carbocycles. The number of rotatable bonds is 3. The molecule has 0 amide bonds. The summed E-state index contributed by atoms with van der Waals surface area (Å²) in [5.74, 6) is 1.16. The molecule has 0 radical (unpaired) electrons. The second-order valence-electron chi connectivity index (χ2n) is 5.07. The van der Waals surface area contributed by atoms with Gasteiger partial charge >= 0.3 is 0 Å². The van der Waals surface area contributed by atoms with E-state index in [-0.39, 0.29) is 5.78 Å². The van der Waals surface area contributed by atoms with Gasteiger partial charge in [0.1, 0.15) is 5.75 Å². The fourth-order valence-electron chi connectivity index (χ4n) is 2.85. The van der Waals surface area contributed by atoms with Crippen LogP contribution in [0.5, 0.6) is 5.75 Å². The molecule has 102 valence electrons. The van der Waals surface area contributed by atoms with Crippen LogP contribution in [0.2, 0.25) is 0 Å². The molecule has 0 bridgehead atoms. The third-order valence-corrected chi connectivity index (χ3v) is 3.78. The van der Waals surface area contributed by atoms with Crippen LogP contribution in [-0.4, -0.2) is 12.4 Å². The minimum absolute atomic E-state index is 0.277. The molecular formula is C18H18O2. The summed E-state index contributed by atoms with van der Waals surface area (Å²) in [5, 5.41) is 0. The lowest BCUT2D eigenvalue weighted by Crippen LogP contribution is -2.11. The lowest BCUT2D eigenvalue weighted by atomic mass is 9.85. The van der Waals surface area contributed by atoms with Gasteiger partial charge in [-0.25, -0.2) is 0 Å². The average Bonchev–Trinajstić information content (AvgIpc) is 2.48. The largest absolute Gasteiger partial charge is 0.494 e. The maximum absolute atomic E-state index is 12.0. The Morgan fingerprint density at radius 1 is 1.00 bits per heavy atom. The standard InChI is InChI=1S/C18H18O2/c1-2-20-14-11-9-13(10-12-14)15-5-3-7-17-16(15)6-4-8-18(17)19/h3,5,7,9-12H,2,4,6,8H2,1H3. The first-order valence-electron chi connectivity index (χ1n) is 7.18. The van der Waals surface area contributed by atoms with E-state index in [1.165, 1.54) is 11.1 Å². The molecule has 2 aromatic carbocycles. The van der Waals surface area contributed by atoms with Crippen LogP contribution in [0, 0.1) is 0 Å². The van der Waals surface area contributed by atoms with Gasteiger partial charge in [-0.2, -0.15) is 0 Å². The van der Waals surface area contributed by atoms with Crippen molar-refractivity contribution in [3.8, 4) is 16.9 Å². The van der Waals surface area contributed by atoms with E-state index in [0.717, 1.165) is 29.7 Å². The zero-order valence-electron chi connectivity index (χ0n) is 11.7. The average molecular weight is 266 g/mol. The Morgan fingerprint density at radius 3 is 2.50 bits per heavy atom. The number of benzene rings is 2. The van der Waals surface area contributed by atoms with Gasteiger partial charge in [0.2, 0.25) is 0 Å². The van der Waals surface area contributed by atoms with Crippen molar-refractivity contribution in [3.05, 3.63) is 53.6 Å². The summed E-state index contributed by atoms with van der Waals surface area (Å²) in [6, 6.07) is 14.2. The van der Waals surface area contributed by atoms with E-state index in [0.29, 0.717) is 13.0 Å². The molecule has 3 rings (SSSR count). The summed E-state index contributed by atoms with van der Waals surface area (Å²) in [7, 11) is 0. The number of hydrogen-bond donors (Lipinski definition) is 0. The maximum Gasteiger partial charge on any atom is 0.163 e. The number of fused-ring (bicyclic) bond motifs is 1. The lowest BCUT2D eigenvalue weighted by Gasteiger charge is -2.18. The van der Waals surface area contributed by atoms with Crippen LogP contribution in [0.3, 0.4) is 0 Å². The van der Waals surface area contributed by atoms with Crippen molar-refractivity contribution in [2.75, 3.05) is 6.61 Å². The molecular weight excluding hydrogens is 248 g/mol. The van der Waals surface area contributed by atoms with Gasteiger partial charge in [0.05, 0.1) is 6.61 Å². The molecule has 0 fully saturated rings. The molecule has 1 aliphatic rings.